The maximum absolute atomic E-state index is 11.9. The lowest BCUT2D eigenvalue weighted by Crippen LogP contribution is -2.13. The van der Waals surface area contributed by atoms with Crippen molar-refractivity contribution in [1.29, 1.82) is 0 Å². The van der Waals surface area contributed by atoms with E-state index in [1.165, 1.54) is 32.1 Å². The third-order valence-electron chi connectivity index (χ3n) is 3.79. The Balaban J connectivity index is 1.72. The van der Waals surface area contributed by atoms with E-state index in [1.807, 2.05) is 17.8 Å². The standard InChI is InChI=1S/C14H22N2O/c1-16-10-9-15-14(16)8-7-13(17)11-12-5-3-2-4-6-12/h9-10,12H,2-8,11H2,1H3. The zero-order chi connectivity index (χ0) is 12.1. The Morgan fingerprint density at radius 2 is 2.18 bits per heavy atom. The van der Waals surface area contributed by atoms with E-state index in [4.69, 9.17) is 0 Å². The fourth-order valence-corrected chi connectivity index (χ4v) is 2.70. The highest BCUT2D eigenvalue weighted by Crippen LogP contribution is 2.26. The number of hydrogen-bond acceptors (Lipinski definition) is 2. The third kappa shape index (κ3) is 3.69. The normalized spacial score (nSPS) is 17.2. The van der Waals surface area contributed by atoms with E-state index in [2.05, 4.69) is 4.98 Å². The lowest BCUT2D eigenvalue weighted by molar-refractivity contribution is -0.120. The molecule has 1 saturated carbocycles. The van der Waals surface area contributed by atoms with Gasteiger partial charge >= 0.3 is 0 Å². The zero-order valence-electron chi connectivity index (χ0n) is 10.7. The Labute approximate surface area is 103 Å². The second-order valence-corrected chi connectivity index (χ2v) is 5.20. The highest BCUT2D eigenvalue weighted by molar-refractivity contribution is 5.78. The number of aromatic nitrogens is 2. The summed E-state index contributed by atoms with van der Waals surface area (Å²) in [6.07, 6.45) is 12.5. The van der Waals surface area contributed by atoms with Gasteiger partial charge in [-0.25, -0.2) is 4.98 Å². The number of rotatable bonds is 5. The van der Waals surface area contributed by atoms with Gasteiger partial charge in [-0.2, -0.15) is 0 Å². The number of nitrogens with zero attached hydrogens (tertiary/aromatic N) is 2. The number of ketones is 1. The lowest BCUT2D eigenvalue weighted by Gasteiger charge is -2.20. The SMILES string of the molecule is Cn1ccnc1CCC(=O)CC1CCCCC1. The van der Waals surface area contributed by atoms with Crippen LogP contribution in [0.5, 0.6) is 0 Å². The van der Waals surface area contributed by atoms with Crippen LogP contribution in [0.3, 0.4) is 0 Å². The summed E-state index contributed by atoms with van der Waals surface area (Å²) >= 11 is 0. The smallest absolute Gasteiger partial charge is 0.133 e. The van der Waals surface area contributed by atoms with Crippen LogP contribution in [0.4, 0.5) is 0 Å². The van der Waals surface area contributed by atoms with Crippen LogP contribution in [0.15, 0.2) is 12.4 Å². The summed E-state index contributed by atoms with van der Waals surface area (Å²) in [7, 11) is 1.98. The van der Waals surface area contributed by atoms with Gasteiger partial charge in [0.05, 0.1) is 0 Å². The van der Waals surface area contributed by atoms with Crippen molar-refractivity contribution in [1.82, 2.24) is 9.55 Å². The molecule has 0 aliphatic heterocycles. The van der Waals surface area contributed by atoms with Crippen LogP contribution in [0.25, 0.3) is 0 Å². The average molecular weight is 234 g/mol. The molecule has 1 aliphatic carbocycles. The molecule has 94 valence electrons. The molecule has 0 spiro atoms. The maximum atomic E-state index is 11.9. The van der Waals surface area contributed by atoms with Crippen LogP contribution in [0.2, 0.25) is 0 Å². The summed E-state index contributed by atoms with van der Waals surface area (Å²) in [6.45, 7) is 0. The van der Waals surface area contributed by atoms with Crippen molar-refractivity contribution in [3.63, 3.8) is 0 Å². The van der Waals surface area contributed by atoms with E-state index in [-0.39, 0.29) is 0 Å². The molecule has 0 saturated heterocycles. The summed E-state index contributed by atoms with van der Waals surface area (Å²) in [5, 5.41) is 0. The minimum absolute atomic E-state index is 0.417. The van der Waals surface area contributed by atoms with Crippen LogP contribution in [0.1, 0.15) is 50.8 Å². The van der Waals surface area contributed by atoms with Gasteiger partial charge in [-0.3, -0.25) is 4.79 Å². The van der Waals surface area contributed by atoms with E-state index >= 15 is 0 Å². The van der Waals surface area contributed by atoms with E-state index in [9.17, 15) is 4.79 Å². The van der Waals surface area contributed by atoms with E-state index in [1.54, 1.807) is 6.20 Å². The molecule has 0 unspecified atom stereocenters. The molecule has 2 rings (SSSR count). The van der Waals surface area contributed by atoms with E-state index < -0.39 is 0 Å². The first-order chi connectivity index (χ1) is 8.25. The molecule has 3 heteroatoms. The summed E-state index contributed by atoms with van der Waals surface area (Å²) in [5.74, 6) is 2.10. The maximum Gasteiger partial charge on any atom is 0.133 e. The predicted molar refractivity (Wildman–Crippen MR) is 67.7 cm³/mol. The Kier molecular flexibility index (Phi) is 4.35. The predicted octanol–water partition coefficient (Wildman–Crippen LogP) is 2.89. The molecule has 1 heterocycles. The van der Waals surface area contributed by atoms with Gasteiger partial charge in [-0.05, 0) is 5.92 Å². The van der Waals surface area contributed by atoms with Crippen molar-refractivity contribution in [2.24, 2.45) is 13.0 Å². The Morgan fingerprint density at radius 1 is 1.41 bits per heavy atom. The summed E-state index contributed by atoms with van der Waals surface area (Å²) < 4.78 is 1.99. The first kappa shape index (κ1) is 12.3. The first-order valence-electron chi connectivity index (χ1n) is 6.73. The zero-order valence-corrected chi connectivity index (χ0v) is 10.7. The topological polar surface area (TPSA) is 34.9 Å². The molecule has 0 amide bonds. The van der Waals surface area contributed by atoms with Gasteiger partial charge < -0.3 is 4.57 Å². The minimum Gasteiger partial charge on any atom is -0.338 e. The van der Waals surface area contributed by atoms with Gasteiger partial charge in [0.15, 0.2) is 0 Å². The molecule has 0 aromatic carbocycles. The highest BCUT2D eigenvalue weighted by Gasteiger charge is 2.17. The highest BCUT2D eigenvalue weighted by atomic mass is 16.1. The minimum atomic E-state index is 0.417. The van der Waals surface area contributed by atoms with Crippen LogP contribution in [-0.2, 0) is 18.3 Å². The van der Waals surface area contributed by atoms with Crippen LogP contribution >= 0.6 is 0 Å². The molecule has 1 aliphatic rings. The van der Waals surface area contributed by atoms with Gasteiger partial charge in [-0.1, -0.05) is 32.1 Å². The molecule has 1 aromatic rings. The van der Waals surface area contributed by atoms with Gasteiger partial charge in [-0.15, -0.1) is 0 Å². The van der Waals surface area contributed by atoms with E-state index in [0.29, 0.717) is 18.1 Å². The van der Waals surface area contributed by atoms with Gasteiger partial charge in [0.2, 0.25) is 0 Å². The third-order valence-corrected chi connectivity index (χ3v) is 3.79. The molecule has 0 N–H and O–H groups in total. The van der Waals surface area contributed by atoms with Crippen molar-refractivity contribution < 1.29 is 4.79 Å². The fraction of sp³-hybridized carbons (Fsp3) is 0.714. The van der Waals surface area contributed by atoms with Gasteiger partial charge in [0, 0.05) is 38.7 Å². The van der Waals surface area contributed by atoms with Crippen LogP contribution < -0.4 is 0 Å². The Morgan fingerprint density at radius 3 is 2.82 bits per heavy atom. The van der Waals surface area contributed by atoms with Crippen LogP contribution in [-0.4, -0.2) is 15.3 Å². The summed E-state index contributed by atoms with van der Waals surface area (Å²) in [6, 6.07) is 0. The quantitative estimate of drug-likeness (QED) is 0.785. The number of imidazole rings is 1. The molecule has 0 radical (unpaired) electrons. The Bertz CT molecular complexity index is 364. The summed E-state index contributed by atoms with van der Waals surface area (Å²) in [5.41, 5.74) is 0. The fourth-order valence-electron chi connectivity index (χ4n) is 2.70. The molecule has 3 nitrogen and oxygen atoms in total. The molecule has 1 fully saturated rings. The largest absolute Gasteiger partial charge is 0.338 e. The molecular formula is C14H22N2O. The van der Waals surface area contributed by atoms with Gasteiger partial charge in [0.25, 0.3) is 0 Å². The van der Waals surface area contributed by atoms with Crippen molar-refractivity contribution >= 4 is 5.78 Å². The molecule has 1 aromatic heterocycles. The molecule has 0 bridgehead atoms. The second-order valence-electron chi connectivity index (χ2n) is 5.20. The number of hydrogen-bond donors (Lipinski definition) is 0. The monoisotopic (exact) mass is 234 g/mol. The number of Topliss-reactive ketones (excluding diaryl/α,β-unsaturated/α-hetero) is 1. The number of carbonyl (C=O) groups is 1. The van der Waals surface area contributed by atoms with E-state index in [0.717, 1.165) is 18.7 Å². The van der Waals surface area contributed by atoms with Crippen molar-refractivity contribution in [3.05, 3.63) is 18.2 Å². The molecule has 0 atom stereocenters. The average Bonchev–Trinajstić information content (AvgIpc) is 2.74. The van der Waals surface area contributed by atoms with Crippen molar-refractivity contribution in [3.8, 4) is 0 Å². The summed E-state index contributed by atoms with van der Waals surface area (Å²) in [4.78, 5) is 16.1. The van der Waals surface area contributed by atoms with Gasteiger partial charge in [0.1, 0.15) is 11.6 Å². The lowest BCUT2D eigenvalue weighted by atomic mass is 9.85. The number of carbonyl (C=O) groups excluding carboxylic acids is 1. The Hall–Kier alpha value is -1.12. The molecular weight excluding hydrogens is 212 g/mol. The number of aryl methyl sites for hydroxylation is 2. The molecule has 17 heavy (non-hydrogen) atoms. The van der Waals surface area contributed by atoms with Crippen molar-refractivity contribution in [2.75, 3.05) is 0 Å². The first-order valence-corrected chi connectivity index (χ1v) is 6.73. The van der Waals surface area contributed by atoms with Crippen molar-refractivity contribution in [2.45, 2.75) is 51.4 Å². The van der Waals surface area contributed by atoms with Crippen LogP contribution in [0, 0.1) is 5.92 Å². The second kappa shape index (κ2) is 5.99.